The number of nitrogens with zero attached hydrogens (tertiary/aromatic N) is 1. The molecular weight excluding hydrogens is 520 g/mol. The van der Waals surface area contributed by atoms with Crippen LogP contribution in [-0.2, 0) is 37.0 Å². The van der Waals surface area contributed by atoms with Gasteiger partial charge in [0.1, 0.15) is 19.0 Å². The number of hydrogen-bond donors (Lipinski definition) is 1. The standard InChI is InChI=1S/C33H46N2O6/c1-3-28(36)23-41-32-19-34-18-31(33(32)27-10-7-25(8-11-27)21-38-20-24-5-6-24)40-22-26-9-12-30-29(17-26)35(14-16-39-30)13-4-15-37-2/h7-12,17,24,31-34H,3-6,13-16,18-23H2,1-2H3/t31-,32+,33+/m0/s1. The zero-order valence-corrected chi connectivity index (χ0v) is 24.6. The summed E-state index contributed by atoms with van der Waals surface area (Å²) in [5.74, 6) is 1.80. The maximum absolute atomic E-state index is 12.1. The SMILES string of the molecule is CCC(=O)CO[C@@H]1CNC[C@H](OCc2ccc3c(c2)N(CCCOC)CCO3)[C@H]1c1ccc(COCC2CC2)cc1. The number of carbonyl (C=O) groups is 1. The molecule has 0 radical (unpaired) electrons. The molecule has 3 aliphatic rings. The third kappa shape index (κ3) is 8.52. The van der Waals surface area contributed by atoms with Gasteiger partial charge in [0.25, 0.3) is 0 Å². The Morgan fingerprint density at radius 3 is 2.56 bits per heavy atom. The van der Waals surface area contributed by atoms with Crippen molar-refractivity contribution < 1.29 is 28.5 Å². The molecule has 224 valence electrons. The summed E-state index contributed by atoms with van der Waals surface area (Å²) in [7, 11) is 1.74. The Balaban J connectivity index is 1.27. The van der Waals surface area contributed by atoms with Gasteiger partial charge in [-0.15, -0.1) is 0 Å². The fourth-order valence-corrected chi connectivity index (χ4v) is 5.63. The first-order valence-electron chi connectivity index (χ1n) is 15.3. The van der Waals surface area contributed by atoms with Gasteiger partial charge < -0.3 is 33.9 Å². The Morgan fingerprint density at radius 2 is 1.80 bits per heavy atom. The van der Waals surface area contributed by atoms with Gasteiger partial charge in [-0.05, 0) is 54.0 Å². The van der Waals surface area contributed by atoms with Crippen molar-refractivity contribution in [3.63, 3.8) is 0 Å². The van der Waals surface area contributed by atoms with E-state index < -0.39 is 0 Å². The van der Waals surface area contributed by atoms with Crippen LogP contribution in [0.15, 0.2) is 42.5 Å². The molecule has 0 aromatic heterocycles. The summed E-state index contributed by atoms with van der Waals surface area (Å²) in [5, 5.41) is 3.48. The maximum atomic E-state index is 12.1. The minimum Gasteiger partial charge on any atom is -0.490 e. The molecule has 8 heteroatoms. The molecular formula is C33H46N2O6. The van der Waals surface area contributed by atoms with Crippen molar-refractivity contribution in [1.82, 2.24) is 5.32 Å². The molecule has 0 amide bonds. The summed E-state index contributed by atoms with van der Waals surface area (Å²) in [6.07, 6.45) is 3.78. The van der Waals surface area contributed by atoms with Crippen LogP contribution in [0.3, 0.4) is 0 Å². The van der Waals surface area contributed by atoms with Gasteiger partial charge in [0.2, 0.25) is 0 Å². The van der Waals surface area contributed by atoms with E-state index in [0.29, 0.717) is 32.8 Å². The van der Waals surface area contributed by atoms with Gasteiger partial charge in [0.05, 0.1) is 37.7 Å². The third-order valence-electron chi connectivity index (χ3n) is 8.25. The second-order valence-corrected chi connectivity index (χ2v) is 11.5. The number of fused-ring (bicyclic) bond motifs is 1. The first-order valence-corrected chi connectivity index (χ1v) is 15.3. The lowest BCUT2D eigenvalue weighted by atomic mass is 9.85. The van der Waals surface area contributed by atoms with Gasteiger partial charge in [-0.1, -0.05) is 37.3 Å². The summed E-state index contributed by atoms with van der Waals surface area (Å²) >= 11 is 0. The van der Waals surface area contributed by atoms with E-state index in [-0.39, 0.29) is 30.5 Å². The fraction of sp³-hybridized carbons (Fsp3) is 0.606. The molecule has 0 bridgehead atoms. The first-order chi connectivity index (χ1) is 20.1. The molecule has 2 aromatic rings. The number of anilines is 1. The lowest BCUT2D eigenvalue weighted by Gasteiger charge is -2.39. The highest BCUT2D eigenvalue weighted by Gasteiger charge is 2.36. The van der Waals surface area contributed by atoms with E-state index >= 15 is 0 Å². The molecule has 0 unspecified atom stereocenters. The molecule has 1 saturated heterocycles. The lowest BCUT2D eigenvalue weighted by molar-refractivity contribution is -0.128. The van der Waals surface area contributed by atoms with Crippen molar-refractivity contribution in [1.29, 1.82) is 0 Å². The monoisotopic (exact) mass is 566 g/mol. The Labute approximate surface area is 244 Å². The number of rotatable bonds is 16. The molecule has 2 aliphatic heterocycles. The third-order valence-corrected chi connectivity index (χ3v) is 8.25. The minimum absolute atomic E-state index is 0.00819. The van der Waals surface area contributed by atoms with Gasteiger partial charge in [-0.25, -0.2) is 0 Å². The van der Waals surface area contributed by atoms with Gasteiger partial charge in [0.15, 0.2) is 5.78 Å². The van der Waals surface area contributed by atoms with Gasteiger partial charge in [-0.3, -0.25) is 4.79 Å². The van der Waals surface area contributed by atoms with Crippen molar-refractivity contribution in [2.24, 2.45) is 5.92 Å². The van der Waals surface area contributed by atoms with Crippen molar-refractivity contribution in [3.8, 4) is 5.75 Å². The summed E-state index contributed by atoms with van der Waals surface area (Å²) in [6, 6.07) is 15.0. The fourth-order valence-electron chi connectivity index (χ4n) is 5.63. The number of ketones is 1. The highest BCUT2D eigenvalue weighted by Crippen LogP contribution is 2.35. The van der Waals surface area contributed by atoms with E-state index in [1.807, 2.05) is 6.92 Å². The number of benzene rings is 2. The zero-order chi connectivity index (χ0) is 28.4. The smallest absolute Gasteiger partial charge is 0.158 e. The largest absolute Gasteiger partial charge is 0.490 e. The molecule has 41 heavy (non-hydrogen) atoms. The Bertz CT molecular complexity index is 1110. The van der Waals surface area contributed by atoms with E-state index in [2.05, 4.69) is 52.7 Å². The molecule has 8 nitrogen and oxygen atoms in total. The number of methoxy groups -OCH3 is 1. The van der Waals surface area contributed by atoms with Crippen LogP contribution in [0.1, 0.15) is 55.2 Å². The molecule has 1 aliphatic carbocycles. The Hall–Kier alpha value is -2.49. The van der Waals surface area contributed by atoms with Crippen LogP contribution in [0.25, 0.3) is 0 Å². The predicted molar refractivity (Wildman–Crippen MR) is 159 cm³/mol. The van der Waals surface area contributed by atoms with E-state index in [9.17, 15) is 4.79 Å². The van der Waals surface area contributed by atoms with E-state index in [0.717, 1.165) is 62.2 Å². The molecule has 0 spiro atoms. The normalized spacial score (nSPS) is 22.3. The van der Waals surface area contributed by atoms with E-state index in [4.69, 9.17) is 23.7 Å². The second kappa shape index (κ2) is 15.1. The number of ether oxygens (including phenoxy) is 5. The number of hydrogen-bond acceptors (Lipinski definition) is 8. The molecule has 2 aromatic carbocycles. The average molecular weight is 567 g/mol. The summed E-state index contributed by atoms with van der Waals surface area (Å²) < 4.78 is 29.9. The quantitative estimate of drug-likeness (QED) is 0.298. The molecule has 1 N–H and O–H groups in total. The second-order valence-electron chi connectivity index (χ2n) is 11.5. The van der Waals surface area contributed by atoms with E-state index in [1.54, 1.807) is 7.11 Å². The summed E-state index contributed by atoms with van der Waals surface area (Å²) in [4.78, 5) is 14.5. The number of piperidine rings is 1. The molecule has 1 saturated carbocycles. The highest BCUT2D eigenvalue weighted by atomic mass is 16.5. The number of Topliss-reactive ketones (excluding diaryl/α,β-unsaturated/α-hetero) is 1. The molecule has 5 rings (SSSR count). The van der Waals surface area contributed by atoms with Crippen molar-refractivity contribution in [2.45, 2.75) is 63.9 Å². The van der Waals surface area contributed by atoms with Crippen LogP contribution in [0, 0.1) is 5.92 Å². The van der Waals surface area contributed by atoms with Crippen LogP contribution in [0.2, 0.25) is 0 Å². The van der Waals surface area contributed by atoms with E-state index in [1.165, 1.54) is 24.0 Å². The number of carbonyl (C=O) groups excluding carboxylic acids is 1. The summed E-state index contributed by atoms with van der Waals surface area (Å²) in [6.45, 7) is 8.61. The van der Waals surface area contributed by atoms with Gasteiger partial charge in [0, 0.05) is 52.3 Å². The van der Waals surface area contributed by atoms with Crippen molar-refractivity contribution in [3.05, 3.63) is 59.2 Å². The molecule has 3 atom stereocenters. The number of nitrogens with one attached hydrogen (secondary N) is 1. The van der Waals surface area contributed by atoms with Crippen LogP contribution in [0.4, 0.5) is 5.69 Å². The maximum Gasteiger partial charge on any atom is 0.158 e. The predicted octanol–water partition coefficient (Wildman–Crippen LogP) is 4.49. The minimum atomic E-state index is -0.158. The lowest BCUT2D eigenvalue weighted by Crippen LogP contribution is -2.51. The van der Waals surface area contributed by atoms with Crippen LogP contribution in [0.5, 0.6) is 5.75 Å². The van der Waals surface area contributed by atoms with Crippen LogP contribution < -0.4 is 15.0 Å². The molecule has 2 fully saturated rings. The van der Waals surface area contributed by atoms with Crippen LogP contribution >= 0.6 is 0 Å². The summed E-state index contributed by atoms with van der Waals surface area (Å²) in [5.41, 5.74) is 4.56. The van der Waals surface area contributed by atoms with Crippen LogP contribution in [-0.4, -0.2) is 77.7 Å². The van der Waals surface area contributed by atoms with Crippen molar-refractivity contribution >= 4 is 11.5 Å². The van der Waals surface area contributed by atoms with Gasteiger partial charge >= 0.3 is 0 Å². The Morgan fingerprint density at radius 1 is 1.02 bits per heavy atom. The highest BCUT2D eigenvalue weighted by molar-refractivity contribution is 5.79. The van der Waals surface area contributed by atoms with Gasteiger partial charge in [-0.2, -0.15) is 0 Å². The first kappa shape index (κ1) is 30.0. The Kier molecular flexibility index (Phi) is 11.1. The average Bonchev–Trinajstić information content (AvgIpc) is 3.84. The topological polar surface area (TPSA) is 78.5 Å². The zero-order valence-electron chi connectivity index (χ0n) is 24.6. The van der Waals surface area contributed by atoms with Crippen molar-refractivity contribution in [2.75, 3.05) is 64.6 Å². The molecule has 2 heterocycles.